The molecule has 128 valence electrons. The van der Waals surface area contributed by atoms with Crippen LogP contribution in [-0.2, 0) is 4.74 Å². The largest absolute Gasteiger partial charge is 0.379 e. The predicted molar refractivity (Wildman–Crippen MR) is 86.6 cm³/mol. The van der Waals surface area contributed by atoms with Crippen LogP contribution in [0.5, 0.6) is 0 Å². The molecule has 0 aliphatic carbocycles. The highest BCUT2D eigenvalue weighted by Crippen LogP contribution is 2.28. The van der Waals surface area contributed by atoms with Gasteiger partial charge in [0.15, 0.2) is 11.6 Å². The summed E-state index contributed by atoms with van der Waals surface area (Å²) < 4.78 is 31.7. The normalized spacial score (nSPS) is 21.7. The molecule has 2 heterocycles. The second-order valence-corrected chi connectivity index (χ2v) is 6.60. The zero-order valence-electron chi connectivity index (χ0n) is 13.6. The number of likely N-dealkylation sites (tertiary alicyclic amines) is 1. The Labute approximate surface area is 137 Å². The van der Waals surface area contributed by atoms with Gasteiger partial charge in [-0.25, -0.2) is 8.78 Å². The van der Waals surface area contributed by atoms with E-state index >= 15 is 0 Å². The SMILES string of the molecule is Fc1ccc(C2CCN(CCCN3CCOCC3)CC2)cc1F. The summed E-state index contributed by atoms with van der Waals surface area (Å²) in [5.41, 5.74) is 0.942. The van der Waals surface area contributed by atoms with Crippen LogP contribution in [0.2, 0.25) is 0 Å². The molecular weight excluding hydrogens is 298 g/mol. The fraction of sp³-hybridized carbons (Fsp3) is 0.667. The summed E-state index contributed by atoms with van der Waals surface area (Å²) in [5, 5.41) is 0. The fourth-order valence-corrected chi connectivity index (χ4v) is 3.60. The molecule has 0 amide bonds. The van der Waals surface area contributed by atoms with Crippen LogP contribution in [0.4, 0.5) is 8.78 Å². The van der Waals surface area contributed by atoms with Gasteiger partial charge < -0.3 is 9.64 Å². The molecule has 0 bridgehead atoms. The van der Waals surface area contributed by atoms with E-state index in [0.29, 0.717) is 5.92 Å². The lowest BCUT2D eigenvalue weighted by atomic mass is 9.89. The van der Waals surface area contributed by atoms with Gasteiger partial charge in [0.1, 0.15) is 0 Å². The molecule has 0 spiro atoms. The van der Waals surface area contributed by atoms with E-state index in [4.69, 9.17) is 4.74 Å². The maximum absolute atomic E-state index is 13.4. The molecule has 0 N–H and O–H groups in total. The number of ether oxygens (including phenoxy) is 1. The minimum absolute atomic E-state index is 0.362. The van der Waals surface area contributed by atoms with Crippen molar-refractivity contribution in [3.05, 3.63) is 35.4 Å². The lowest BCUT2D eigenvalue weighted by Gasteiger charge is -2.33. The molecular formula is C18H26F2N2O. The second-order valence-electron chi connectivity index (χ2n) is 6.60. The standard InChI is InChI=1S/C18H26F2N2O/c19-17-3-2-16(14-18(17)20)15-4-8-21(9-5-15)6-1-7-22-10-12-23-13-11-22/h2-3,14-15H,1,4-13H2. The fourth-order valence-electron chi connectivity index (χ4n) is 3.60. The van der Waals surface area contributed by atoms with Crippen LogP contribution in [0.3, 0.4) is 0 Å². The summed E-state index contributed by atoms with van der Waals surface area (Å²) in [6.07, 6.45) is 3.25. The smallest absolute Gasteiger partial charge is 0.159 e. The van der Waals surface area contributed by atoms with Crippen LogP contribution in [-0.4, -0.2) is 62.3 Å². The number of piperidine rings is 1. The minimum Gasteiger partial charge on any atom is -0.379 e. The van der Waals surface area contributed by atoms with E-state index in [1.165, 1.54) is 18.6 Å². The van der Waals surface area contributed by atoms with Crippen molar-refractivity contribution in [2.75, 3.05) is 52.5 Å². The average molecular weight is 324 g/mol. The number of hydrogen-bond donors (Lipinski definition) is 0. The van der Waals surface area contributed by atoms with Crippen LogP contribution in [0.25, 0.3) is 0 Å². The minimum atomic E-state index is -0.755. The van der Waals surface area contributed by atoms with Crippen molar-refractivity contribution < 1.29 is 13.5 Å². The third-order valence-electron chi connectivity index (χ3n) is 5.06. The quantitative estimate of drug-likeness (QED) is 0.828. The Morgan fingerprint density at radius 2 is 1.57 bits per heavy atom. The summed E-state index contributed by atoms with van der Waals surface area (Å²) in [5.74, 6) is -1.12. The average Bonchev–Trinajstić information content (AvgIpc) is 2.59. The van der Waals surface area contributed by atoms with Gasteiger partial charge in [-0.05, 0) is 69.1 Å². The van der Waals surface area contributed by atoms with Crippen molar-refractivity contribution in [1.29, 1.82) is 0 Å². The first-order valence-electron chi connectivity index (χ1n) is 8.70. The van der Waals surface area contributed by atoms with Crippen LogP contribution in [0, 0.1) is 11.6 Å². The van der Waals surface area contributed by atoms with Crippen LogP contribution in [0.1, 0.15) is 30.7 Å². The Balaban J connectivity index is 1.38. The molecule has 2 saturated heterocycles. The van der Waals surface area contributed by atoms with Crippen LogP contribution < -0.4 is 0 Å². The van der Waals surface area contributed by atoms with Crippen molar-refractivity contribution in [3.8, 4) is 0 Å². The maximum Gasteiger partial charge on any atom is 0.159 e. The molecule has 3 rings (SSSR count). The Bertz CT molecular complexity index is 498. The van der Waals surface area contributed by atoms with E-state index in [2.05, 4.69) is 9.80 Å². The molecule has 1 aromatic carbocycles. The van der Waals surface area contributed by atoms with E-state index < -0.39 is 11.6 Å². The highest BCUT2D eigenvalue weighted by atomic mass is 19.2. The van der Waals surface area contributed by atoms with Gasteiger partial charge in [0.05, 0.1) is 13.2 Å². The van der Waals surface area contributed by atoms with Crippen molar-refractivity contribution >= 4 is 0 Å². The van der Waals surface area contributed by atoms with E-state index in [9.17, 15) is 8.78 Å². The van der Waals surface area contributed by atoms with Crippen molar-refractivity contribution in [1.82, 2.24) is 9.80 Å². The lowest BCUT2D eigenvalue weighted by Crippen LogP contribution is -2.39. The van der Waals surface area contributed by atoms with Gasteiger partial charge in [0.25, 0.3) is 0 Å². The van der Waals surface area contributed by atoms with Gasteiger partial charge in [-0.1, -0.05) is 6.07 Å². The van der Waals surface area contributed by atoms with E-state index in [1.54, 1.807) is 6.07 Å². The van der Waals surface area contributed by atoms with Gasteiger partial charge in [-0.2, -0.15) is 0 Å². The van der Waals surface area contributed by atoms with Crippen molar-refractivity contribution in [2.24, 2.45) is 0 Å². The molecule has 23 heavy (non-hydrogen) atoms. The van der Waals surface area contributed by atoms with Gasteiger partial charge in [-0.15, -0.1) is 0 Å². The molecule has 0 aromatic heterocycles. The lowest BCUT2D eigenvalue weighted by molar-refractivity contribution is 0.0357. The Kier molecular flexibility index (Phi) is 5.97. The zero-order chi connectivity index (χ0) is 16.1. The van der Waals surface area contributed by atoms with E-state index in [0.717, 1.165) is 70.9 Å². The Morgan fingerprint density at radius 3 is 2.22 bits per heavy atom. The number of hydrogen-bond acceptors (Lipinski definition) is 3. The van der Waals surface area contributed by atoms with Gasteiger partial charge in [0, 0.05) is 13.1 Å². The molecule has 0 saturated carbocycles. The van der Waals surface area contributed by atoms with E-state index in [-0.39, 0.29) is 0 Å². The first-order chi connectivity index (χ1) is 11.2. The van der Waals surface area contributed by atoms with Crippen molar-refractivity contribution in [2.45, 2.75) is 25.2 Å². The highest BCUT2D eigenvalue weighted by molar-refractivity contribution is 5.22. The number of morpholine rings is 1. The number of halogens is 2. The molecule has 0 unspecified atom stereocenters. The van der Waals surface area contributed by atoms with E-state index in [1.807, 2.05) is 0 Å². The first kappa shape index (κ1) is 16.8. The maximum atomic E-state index is 13.4. The third kappa shape index (κ3) is 4.72. The summed E-state index contributed by atoms with van der Waals surface area (Å²) in [4.78, 5) is 4.97. The van der Waals surface area contributed by atoms with Gasteiger partial charge >= 0.3 is 0 Å². The molecule has 1 aromatic rings. The molecule has 2 fully saturated rings. The molecule has 5 heteroatoms. The molecule has 3 nitrogen and oxygen atoms in total. The monoisotopic (exact) mass is 324 g/mol. The summed E-state index contributed by atoms with van der Waals surface area (Å²) in [6.45, 7) is 8.20. The molecule has 2 aliphatic rings. The summed E-state index contributed by atoms with van der Waals surface area (Å²) >= 11 is 0. The van der Waals surface area contributed by atoms with Crippen LogP contribution in [0.15, 0.2) is 18.2 Å². The second kappa shape index (κ2) is 8.18. The number of nitrogens with zero attached hydrogens (tertiary/aromatic N) is 2. The number of benzene rings is 1. The summed E-state index contributed by atoms with van der Waals surface area (Å²) in [6, 6.07) is 4.35. The van der Waals surface area contributed by atoms with Crippen LogP contribution >= 0.6 is 0 Å². The predicted octanol–water partition coefficient (Wildman–Crippen LogP) is 2.87. The van der Waals surface area contributed by atoms with Gasteiger partial charge in [-0.3, -0.25) is 4.90 Å². The highest BCUT2D eigenvalue weighted by Gasteiger charge is 2.21. The Hall–Kier alpha value is -1.04. The molecule has 2 aliphatic heterocycles. The zero-order valence-corrected chi connectivity index (χ0v) is 13.6. The summed E-state index contributed by atoms with van der Waals surface area (Å²) in [7, 11) is 0. The first-order valence-corrected chi connectivity index (χ1v) is 8.70. The van der Waals surface area contributed by atoms with Gasteiger partial charge in [0.2, 0.25) is 0 Å². The topological polar surface area (TPSA) is 15.7 Å². The molecule has 0 radical (unpaired) electrons. The Morgan fingerprint density at radius 1 is 0.913 bits per heavy atom. The van der Waals surface area contributed by atoms with Crippen molar-refractivity contribution in [3.63, 3.8) is 0 Å². The molecule has 0 atom stereocenters. The third-order valence-corrected chi connectivity index (χ3v) is 5.06. The number of rotatable bonds is 5.